The smallest absolute Gasteiger partial charge is 0.340 e. The van der Waals surface area contributed by atoms with Crippen molar-refractivity contribution in [3.8, 4) is 0 Å². The summed E-state index contributed by atoms with van der Waals surface area (Å²) in [6, 6.07) is 13.6. The zero-order chi connectivity index (χ0) is 17.1. The van der Waals surface area contributed by atoms with E-state index in [1.807, 2.05) is 30.5 Å². The van der Waals surface area contributed by atoms with E-state index in [-0.39, 0.29) is 11.1 Å². The lowest BCUT2D eigenvalue weighted by atomic mass is 10.1. The fourth-order valence-electron chi connectivity index (χ4n) is 2.61. The number of fused-ring (bicyclic) bond motifs is 1. The number of ether oxygens (including phenoxy) is 1. The van der Waals surface area contributed by atoms with Crippen LogP contribution >= 0.6 is 0 Å². The van der Waals surface area contributed by atoms with Gasteiger partial charge in [0.15, 0.2) is 6.23 Å². The van der Waals surface area contributed by atoms with Crippen LogP contribution in [0.15, 0.2) is 54.7 Å². The van der Waals surface area contributed by atoms with Gasteiger partial charge >= 0.3 is 11.9 Å². The first-order valence-corrected chi connectivity index (χ1v) is 7.40. The molecule has 0 saturated heterocycles. The first-order chi connectivity index (χ1) is 11.6. The van der Waals surface area contributed by atoms with Crippen molar-refractivity contribution < 1.29 is 19.4 Å². The fraction of sp³-hybridized carbons (Fsp3) is 0.111. The largest absolute Gasteiger partial charge is 0.478 e. The van der Waals surface area contributed by atoms with Crippen molar-refractivity contribution in [3.05, 3.63) is 71.4 Å². The molecule has 4 N–H and O–H groups in total. The van der Waals surface area contributed by atoms with Gasteiger partial charge in [-0.05, 0) is 23.8 Å². The van der Waals surface area contributed by atoms with Crippen molar-refractivity contribution in [1.29, 1.82) is 0 Å². The van der Waals surface area contributed by atoms with Gasteiger partial charge < -0.3 is 14.8 Å². The van der Waals surface area contributed by atoms with Crippen LogP contribution in [0.25, 0.3) is 10.9 Å². The number of carbonyl (C=O) groups is 2. The van der Waals surface area contributed by atoms with Gasteiger partial charge in [0.05, 0.1) is 11.1 Å². The van der Waals surface area contributed by atoms with Gasteiger partial charge in [0.1, 0.15) is 0 Å². The van der Waals surface area contributed by atoms with Gasteiger partial charge in [-0.2, -0.15) is 0 Å². The number of aromatic nitrogens is 1. The van der Waals surface area contributed by atoms with Crippen molar-refractivity contribution in [2.45, 2.75) is 12.6 Å². The van der Waals surface area contributed by atoms with Crippen LogP contribution in [0.4, 0.5) is 0 Å². The molecule has 3 rings (SSSR count). The van der Waals surface area contributed by atoms with Gasteiger partial charge in [-0.25, -0.2) is 9.59 Å². The Labute approximate surface area is 137 Å². The number of rotatable bonds is 5. The Bertz CT molecular complexity index is 901. The molecule has 0 bridgehead atoms. The van der Waals surface area contributed by atoms with E-state index in [0.29, 0.717) is 6.42 Å². The highest BCUT2D eigenvalue weighted by molar-refractivity contribution is 6.02. The molecule has 3 aromatic rings. The van der Waals surface area contributed by atoms with Crippen molar-refractivity contribution in [3.63, 3.8) is 0 Å². The van der Waals surface area contributed by atoms with Gasteiger partial charge in [0.25, 0.3) is 0 Å². The number of nitrogens with one attached hydrogen (secondary N) is 1. The molecular weight excluding hydrogens is 308 g/mol. The third-order valence-corrected chi connectivity index (χ3v) is 3.73. The predicted molar refractivity (Wildman–Crippen MR) is 88.8 cm³/mol. The van der Waals surface area contributed by atoms with E-state index in [0.717, 1.165) is 16.5 Å². The van der Waals surface area contributed by atoms with Crippen molar-refractivity contribution in [2.24, 2.45) is 5.73 Å². The van der Waals surface area contributed by atoms with Crippen molar-refractivity contribution in [2.75, 3.05) is 0 Å². The average molecular weight is 324 g/mol. The molecule has 0 fully saturated rings. The van der Waals surface area contributed by atoms with Crippen LogP contribution in [0.1, 0.15) is 26.3 Å². The molecule has 0 spiro atoms. The summed E-state index contributed by atoms with van der Waals surface area (Å²) in [5, 5.41) is 10.1. The highest BCUT2D eigenvalue weighted by atomic mass is 16.6. The molecule has 0 aliphatic heterocycles. The molecule has 2 aromatic carbocycles. The molecule has 6 nitrogen and oxygen atoms in total. The number of carboxylic acid groups (broad SMARTS) is 1. The van der Waals surface area contributed by atoms with Crippen LogP contribution < -0.4 is 5.73 Å². The van der Waals surface area contributed by atoms with Crippen LogP contribution in [-0.2, 0) is 11.2 Å². The van der Waals surface area contributed by atoms with Crippen molar-refractivity contribution >= 4 is 22.8 Å². The minimum absolute atomic E-state index is 0.0145. The third-order valence-electron chi connectivity index (χ3n) is 3.73. The summed E-state index contributed by atoms with van der Waals surface area (Å²) in [7, 11) is 0. The Morgan fingerprint density at radius 3 is 2.50 bits per heavy atom. The summed E-state index contributed by atoms with van der Waals surface area (Å²) >= 11 is 0. The van der Waals surface area contributed by atoms with E-state index in [2.05, 4.69) is 4.98 Å². The number of hydrogen-bond acceptors (Lipinski definition) is 4. The summed E-state index contributed by atoms with van der Waals surface area (Å²) in [6.07, 6.45) is 1.27. The number of hydrogen-bond donors (Lipinski definition) is 3. The monoisotopic (exact) mass is 324 g/mol. The Balaban J connectivity index is 1.74. The molecular formula is C18H16N2O4. The lowest BCUT2D eigenvalue weighted by Crippen LogP contribution is -2.30. The standard InChI is InChI=1S/C18H16N2O4/c19-16(9-11-10-20-15-8-4-3-5-12(11)15)24-18(23)14-7-2-1-6-13(14)17(21)22/h1-8,10,16,20H,9,19H2,(H,21,22). The van der Waals surface area contributed by atoms with Gasteiger partial charge in [-0.1, -0.05) is 30.3 Å². The maximum atomic E-state index is 12.2. The van der Waals surface area contributed by atoms with Crippen LogP contribution in [-0.4, -0.2) is 28.3 Å². The van der Waals surface area contributed by atoms with E-state index < -0.39 is 18.2 Å². The lowest BCUT2D eigenvalue weighted by molar-refractivity contribution is 0.0312. The third kappa shape index (κ3) is 3.13. The maximum absolute atomic E-state index is 12.2. The Morgan fingerprint density at radius 1 is 1.08 bits per heavy atom. The van der Waals surface area contributed by atoms with E-state index in [4.69, 9.17) is 15.6 Å². The summed E-state index contributed by atoms with van der Waals surface area (Å²) in [6.45, 7) is 0. The minimum Gasteiger partial charge on any atom is -0.478 e. The van der Waals surface area contributed by atoms with E-state index in [1.165, 1.54) is 12.1 Å². The first-order valence-electron chi connectivity index (χ1n) is 7.40. The number of nitrogens with two attached hydrogens (primary N) is 1. The number of carbonyl (C=O) groups excluding carboxylic acids is 1. The van der Waals surface area contributed by atoms with E-state index in [9.17, 15) is 9.59 Å². The second-order valence-corrected chi connectivity index (χ2v) is 5.36. The topological polar surface area (TPSA) is 105 Å². The van der Waals surface area contributed by atoms with Crippen LogP contribution in [0.3, 0.4) is 0 Å². The Morgan fingerprint density at radius 2 is 1.75 bits per heavy atom. The number of aromatic carboxylic acids is 1. The van der Waals surface area contributed by atoms with E-state index in [1.54, 1.807) is 12.1 Å². The molecule has 0 saturated carbocycles. The lowest BCUT2D eigenvalue weighted by Gasteiger charge is -2.13. The number of benzene rings is 2. The molecule has 0 aliphatic carbocycles. The van der Waals surface area contributed by atoms with Crippen molar-refractivity contribution in [1.82, 2.24) is 4.98 Å². The first kappa shape index (κ1) is 15.8. The number of para-hydroxylation sites is 1. The molecule has 0 amide bonds. The zero-order valence-corrected chi connectivity index (χ0v) is 12.7. The molecule has 122 valence electrons. The number of carboxylic acids is 1. The van der Waals surface area contributed by atoms with Crippen LogP contribution in [0.2, 0.25) is 0 Å². The number of H-pyrrole nitrogens is 1. The zero-order valence-electron chi connectivity index (χ0n) is 12.7. The molecule has 1 unspecified atom stereocenters. The number of esters is 1. The van der Waals surface area contributed by atoms with Gasteiger partial charge in [-0.15, -0.1) is 0 Å². The molecule has 24 heavy (non-hydrogen) atoms. The molecule has 1 heterocycles. The Kier molecular flexibility index (Phi) is 4.31. The molecule has 1 atom stereocenters. The summed E-state index contributed by atoms with van der Waals surface area (Å²) < 4.78 is 5.21. The van der Waals surface area contributed by atoms with Gasteiger partial charge in [0.2, 0.25) is 0 Å². The normalized spacial score (nSPS) is 12.0. The quantitative estimate of drug-likeness (QED) is 0.494. The minimum atomic E-state index is -1.19. The van der Waals surface area contributed by atoms with Crippen LogP contribution in [0, 0.1) is 0 Å². The average Bonchev–Trinajstić information content (AvgIpc) is 2.98. The summed E-state index contributed by atoms with van der Waals surface area (Å²) in [4.78, 5) is 26.5. The second kappa shape index (κ2) is 6.55. The van der Waals surface area contributed by atoms with Gasteiger partial charge in [0, 0.05) is 23.5 Å². The fourth-order valence-corrected chi connectivity index (χ4v) is 2.61. The SMILES string of the molecule is NC(Cc1c[nH]c2ccccc12)OC(=O)c1ccccc1C(=O)O. The summed E-state index contributed by atoms with van der Waals surface area (Å²) in [5.41, 5.74) is 7.69. The van der Waals surface area contributed by atoms with Gasteiger partial charge in [-0.3, -0.25) is 5.73 Å². The van der Waals surface area contributed by atoms with Crippen LogP contribution in [0.5, 0.6) is 0 Å². The predicted octanol–water partition coefficient (Wildman–Crippen LogP) is 2.55. The highest BCUT2D eigenvalue weighted by Gasteiger charge is 2.20. The highest BCUT2D eigenvalue weighted by Crippen LogP contribution is 2.19. The molecule has 6 heteroatoms. The molecule has 1 aromatic heterocycles. The van der Waals surface area contributed by atoms with E-state index >= 15 is 0 Å². The molecule has 0 radical (unpaired) electrons. The summed E-state index contributed by atoms with van der Waals surface area (Å²) in [5.74, 6) is -1.94. The maximum Gasteiger partial charge on any atom is 0.340 e. The second-order valence-electron chi connectivity index (χ2n) is 5.36. The Hall–Kier alpha value is -3.12. The number of aromatic amines is 1. The molecule has 0 aliphatic rings.